The Balaban J connectivity index is 2.24. The lowest BCUT2D eigenvalue weighted by atomic mass is 9.78. The first kappa shape index (κ1) is 13.5. The van der Waals surface area contributed by atoms with Gasteiger partial charge >= 0.3 is 0 Å². The molecule has 1 N–H and O–H groups in total. The van der Waals surface area contributed by atoms with Gasteiger partial charge < -0.3 is 9.84 Å². The fourth-order valence-corrected chi connectivity index (χ4v) is 2.95. The van der Waals surface area contributed by atoms with Gasteiger partial charge in [-0.25, -0.2) is 4.39 Å². The maximum Gasteiger partial charge on any atom is 0.123 e. The first-order valence-corrected chi connectivity index (χ1v) is 6.31. The summed E-state index contributed by atoms with van der Waals surface area (Å²) < 4.78 is 18.8. The molecule has 1 fully saturated rings. The van der Waals surface area contributed by atoms with Gasteiger partial charge in [-0.2, -0.15) is 0 Å². The van der Waals surface area contributed by atoms with Crippen molar-refractivity contribution < 1.29 is 14.2 Å². The van der Waals surface area contributed by atoms with E-state index in [2.05, 4.69) is 0 Å². The van der Waals surface area contributed by atoms with Crippen LogP contribution in [0.15, 0.2) is 24.3 Å². The van der Waals surface area contributed by atoms with Crippen LogP contribution in [0, 0.1) is 5.82 Å². The third-order valence-electron chi connectivity index (χ3n) is 3.78. The maximum absolute atomic E-state index is 12.9. The zero-order chi connectivity index (χ0) is 13.6. The Kier molecular flexibility index (Phi) is 3.03. The van der Waals surface area contributed by atoms with Crippen LogP contribution in [-0.4, -0.2) is 21.9 Å². The molecule has 0 bridgehead atoms. The molecule has 1 aromatic rings. The van der Waals surface area contributed by atoms with Crippen LogP contribution in [0.4, 0.5) is 4.39 Å². The molecule has 18 heavy (non-hydrogen) atoms. The van der Waals surface area contributed by atoms with Crippen LogP contribution in [0.2, 0.25) is 0 Å². The quantitative estimate of drug-likeness (QED) is 0.876. The van der Waals surface area contributed by atoms with Crippen molar-refractivity contribution in [2.45, 2.75) is 57.3 Å². The first-order chi connectivity index (χ1) is 8.14. The highest BCUT2D eigenvalue weighted by Crippen LogP contribution is 2.46. The molecule has 2 nitrogen and oxygen atoms in total. The lowest BCUT2D eigenvalue weighted by Crippen LogP contribution is -2.48. The van der Waals surface area contributed by atoms with Crippen LogP contribution in [0.25, 0.3) is 0 Å². The summed E-state index contributed by atoms with van der Waals surface area (Å²) in [6, 6.07) is 6.28. The van der Waals surface area contributed by atoms with Crippen LogP contribution in [0.1, 0.15) is 39.7 Å². The lowest BCUT2D eigenvalue weighted by Gasteiger charge is -2.35. The summed E-state index contributed by atoms with van der Waals surface area (Å²) in [6.45, 7) is 7.78. The molecule has 1 heterocycles. The molecule has 0 spiro atoms. The van der Waals surface area contributed by atoms with Gasteiger partial charge in [0.1, 0.15) is 5.82 Å². The average molecular weight is 252 g/mol. The zero-order valence-electron chi connectivity index (χ0n) is 11.5. The summed E-state index contributed by atoms with van der Waals surface area (Å²) in [5.74, 6) is -0.256. The molecule has 100 valence electrons. The maximum atomic E-state index is 12.9. The molecule has 3 heteroatoms. The summed E-state index contributed by atoms with van der Waals surface area (Å²) in [6.07, 6.45) is 1.05. The first-order valence-electron chi connectivity index (χ1n) is 6.31. The van der Waals surface area contributed by atoms with Crippen molar-refractivity contribution in [2.24, 2.45) is 0 Å². The number of hydrogen-bond acceptors (Lipinski definition) is 2. The van der Waals surface area contributed by atoms with Crippen molar-refractivity contribution in [1.29, 1.82) is 0 Å². The van der Waals surface area contributed by atoms with Gasteiger partial charge in [0.2, 0.25) is 0 Å². The summed E-state index contributed by atoms with van der Waals surface area (Å²) >= 11 is 0. The minimum atomic E-state index is -0.922. The Bertz CT molecular complexity index is 436. The largest absolute Gasteiger partial charge is 0.386 e. The van der Waals surface area contributed by atoms with Gasteiger partial charge in [0.05, 0.1) is 16.8 Å². The highest BCUT2D eigenvalue weighted by atomic mass is 19.1. The van der Waals surface area contributed by atoms with Crippen LogP contribution >= 0.6 is 0 Å². The highest BCUT2D eigenvalue weighted by Gasteiger charge is 2.56. The van der Waals surface area contributed by atoms with E-state index in [0.29, 0.717) is 12.8 Å². The van der Waals surface area contributed by atoms with Crippen LogP contribution in [0.3, 0.4) is 0 Å². The number of rotatable bonds is 2. The van der Waals surface area contributed by atoms with Crippen molar-refractivity contribution in [1.82, 2.24) is 0 Å². The smallest absolute Gasteiger partial charge is 0.123 e. The molecule has 0 aromatic heterocycles. The molecule has 1 atom stereocenters. The molecule has 0 amide bonds. The molecule has 0 radical (unpaired) electrons. The van der Waals surface area contributed by atoms with Crippen molar-refractivity contribution in [2.75, 3.05) is 0 Å². The topological polar surface area (TPSA) is 29.5 Å². The minimum Gasteiger partial charge on any atom is -0.386 e. The van der Waals surface area contributed by atoms with E-state index in [-0.39, 0.29) is 11.4 Å². The van der Waals surface area contributed by atoms with E-state index in [0.717, 1.165) is 5.56 Å². The van der Waals surface area contributed by atoms with Gasteiger partial charge in [0.15, 0.2) is 0 Å². The van der Waals surface area contributed by atoms with E-state index in [4.69, 9.17) is 4.74 Å². The van der Waals surface area contributed by atoms with Gasteiger partial charge in [-0.05, 0) is 45.4 Å². The van der Waals surface area contributed by atoms with E-state index in [1.54, 1.807) is 12.1 Å². The Labute approximate surface area is 108 Å². The minimum absolute atomic E-state index is 0.256. The van der Waals surface area contributed by atoms with Gasteiger partial charge in [-0.1, -0.05) is 12.1 Å². The number of halogens is 1. The second-order valence-corrected chi connectivity index (χ2v) is 6.38. The van der Waals surface area contributed by atoms with Gasteiger partial charge in [0, 0.05) is 12.8 Å². The molecule has 1 aliphatic heterocycles. The lowest BCUT2D eigenvalue weighted by molar-refractivity contribution is -0.125. The molecule has 1 unspecified atom stereocenters. The SMILES string of the molecule is CC1(C)CC(O)(Cc2ccc(F)cc2)C(C)(C)O1. The molecule has 0 aliphatic carbocycles. The summed E-state index contributed by atoms with van der Waals surface area (Å²) in [4.78, 5) is 0. The Hall–Kier alpha value is -0.930. The normalized spacial score (nSPS) is 29.4. The number of aliphatic hydroxyl groups is 1. The van der Waals surface area contributed by atoms with Gasteiger partial charge in [0.25, 0.3) is 0 Å². The zero-order valence-corrected chi connectivity index (χ0v) is 11.5. The van der Waals surface area contributed by atoms with Crippen molar-refractivity contribution in [3.63, 3.8) is 0 Å². The third-order valence-corrected chi connectivity index (χ3v) is 3.78. The van der Waals surface area contributed by atoms with Crippen LogP contribution in [-0.2, 0) is 11.2 Å². The van der Waals surface area contributed by atoms with Crippen molar-refractivity contribution in [3.05, 3.63) is 35.6 Å². The average Bonchev–Trinajstić information content (AvgIpc) is 2.34. The molecule has 1 saturated heterocycles. The third kappa shape index (κ3) is 2.43. The standard InChI is InChI=1S/C15H21FO2/c1-13(2)10-15(17,14(3,4)18-13)9-11-5-7-12(16)8-6-11/h5-8,17H,9-10H2,1-4H3. The Morgan fingerprint density at radius 1 is 1.17 bits per heavy atom. The molecule has 2 rings (SSSR count). The van der Waals surface area contributed by atoms with Gasteiger partial charge in [-0.3, -0.25) is 0 Å². The fraction of sp³-hybridized carbons (Fsp3) is 0.600. The number of benzene rings is 1. The molecular formula is C15H21FO2. The molecule has 1 aromatic carbocycles. The monoisotopic (exact) mass is 252 g/mol. The Morgan fingerprint density at radius 3 is 2.17 bits per heavy atom. The van der Waals surface area contributed by atoms with E-state index in [9.17, 15) is 9.50 Å². The van der Waals surface area contributed by atoms with Crippen molar-refractivity contribution >= 4 is 0 Å². The van der Waals surface area contributed by atoms with Crippen LogP contribution < -0.4 is 0 Å². The second kappa shape index (κ2) is 4.04. The van der Waals surface area contributed by atoms with Crippen molar-refractivity contribution in [3.8, 4) is 0 Å². The summed E-state index contributed by atoms with van der Waals surface area (Å²) in [7, 11) is 0. The molecule has 0 saturated carbocycles. The van der Waals surface area contributed by atoms with E-state index >= 15 is 0 Å². The predicted molar refractivity (Wildman–Crippen MR) is 68.9 cm³/mol. The summed E-state index contributed by atoms with van der Waals surface area (Å²) in [5, 5.41) is 10.9. The van der Waals surface area contributed by atoms with Crippen LogP contribution in [0.5, 0.6) is 0 Å². The van der Waals surface area contributed by atoms with Gasteiger partial charge in [-0.15, -0.1) is 0 Å². The second-order valence-electron chi connectivity index (χ2n) is 6.38. The highest BCUT2D eigenvalue weighted by molar-refractivity contribution is 5.21. The fourth-order valence-electron chi connectivity index (χ4n) is 2.95. The summed E-state index contributed by atoms with van der Waals surface area (Å²) in [5.41, 5.74) is -0.939. The molecular weight excluding hydrogens is 231 g/mol. The predicted octanol–water partition coefficient (Wildman–Crippen LogP) is 3.08. The molecule has 1 aliphatic rings. The Morgan fingerprint density at radius 2 is 1.72 bits per heavy atom. The van der Waals surface area contributed by atoms with E-state index in [1.165, 1.54) is 12.1 Å². The van der Waals surface area contributed by atoms with E-state index < -0.39 is 11.2 Å². The van der Waals surface area contributed by atoms with E-state index in [1.807, 2.05) is 27.7 Å². The number of hydrogen-bond donors (Lipinski definition) is 1. The number of ether oxygens (including phenoxy) is 1.